The van der Waals surface area contributed by atoms with Gasteiger partial charge in [-0.15, -0.1) is 0 Å². The van der Waals surface area contributed by atoms with E-state index in [1.807, 2.05) is 73.7 Å². The molecule has 1 N–H and O–H groups in total. The van der Waals surface area contributed by atoms with E-state index >= 15 is 0 Å². The van der Waals surface area contributed by atoms with Crippen molar-refractivity contribution >= 4 is 34.3 Å². The zero-order chi connectivity index (χ0) is 16.1. The fourth-order valence-corrected chi connectivity index (χ4v) is 3.25. The highest BCUT2D eigenvalue weighted by Crippen LogP contribution is 2.26. The highest BCUT2D eigenvalue weighted by atomic mass is 32.2. The third kappa shape index (κ3) is 3.90. The second-order valence-corrected chi connectivity index (χ2v) is 6.44. The summed E-state index contributed by atoms with van der Waals surface area (Å²) in [6, 6.07) is 21.6. The number of hydrogen-bond acceptors (Lipinski definition) is 3. The van der Waals surface area contributed by atoms with E-state index in [2.05, 4.69) is 10.3 Å². The third-order valence-corrected chi connectivity index (χ3v) is 4.84. The van der Waals surface area contributed by atoms with Gasteiger partial charge in [0.25, 0.3) is 0 Å². The summed E-state index contributed by atoms with van der Waals surface area (Å²) < 4.78 is 0. The van der Waals surface area contributed by atoms with E-state index in [0.29, 0.717) is 0 Å². The highest BCUT2D eigenvalue weighted by molar-refractivity contribution is 8.00. The minimum atomic E-state index is -0.163. The Kier molecular flexibility index (Phi) is 4.93. The maximum atomic E-state index is 12.5. The average Bonchev–Trinajstić information content (AvgIpc) is 2.60. The molecule has 4 heteroatoms. The number of carbonyl (C=O) groups is 1. The van der Waals surface area contributed by atoms with Crippen molar-refractivity contribution in [3.63, 3.8) is 0 Å². The van der Waals surface area contributed by atoms with Gasteiger partial charge in [-0.1, -0.05) is 61.2 Å². The molecule has 0 fully saturated rings. The monoisotopic (exact) mass is 322 g/mol. The van der Waals surface area contributed by atoms with Crippen molar-refractivity contribution in [3.8, 4) is 0 Å². The quantitative estimate of drug-likeness (QED) is 0.690. The number of pyridine rings is 1. The second kappa shape index (κ2) is 7.29. The number of nitrogens with one attached hydrogen (secondary N) is 1. The van der Waals surface area contributed by atoms with E-state index < -0.39 is 0 Å². The zero-order valence-electron chi connectivity index (χ0n) is 12.9. The summed E-state index contributed by atoms with van der Waals surface area (Å²) in [5.74, 6) is 0.0126. The fraction of sp³-hybridized carbons (Fsp3) is 0.158. The number of carbonyl (C=O) groups excluding carboxylic acids is 1. The van der Waals surface area contributed by atoms with Crippen LogP contribution in [0.5, 0.6) is 0 Å². The number of anilines is 1. The molecule has 1 atom stereocenters. The first-order valence-corrected chi connectivity index (χ1v) is 8.52. The normalized spacial score (nSPS) is 12.0. The molecule has 116 valence electrons. The highest BCUT2D eigenvalue weighted by Gasteiger charge is 2.18. The molecule has 0 aliphatic heterocycles. The fourth-order valence-electron chi connectivity index (χ4n) is 2.33. The summed E-state index contributed by atoms with van der Waals surface area (Å²) in [4.78, 5) is 17.1. The predicted octanol–water partition coefficient (Wildman–Crippen LogP) is 4.74. The van der Waals surface area contributed by atoms with Crippen LogP contribution in [0.25, 0.3) is 10.9 Å². The van der Waals surface area contributed by atoms with Gasteiger partial charge in [-0.2, -0.15) is 0 Å². The molecule has 23 heavy (non-hydrogen) atoms. The van der Waals surface area contributed by atoms with Crippen LogP contribution >= 0.6 is 11.8 Å². The summed E-state index contributed by atoms with van der Waals surface area (Å²) >= 11 is 1.51. The molecular formula is C19H18N2OS. The van der Waals surface area contributed by atoms with Gasteiger partial charge >= 0.3 is 0 Å². The molecule has 0 bridgehead atoms. The van der Waals surface area contributed by atoms with Crippen molar-refractivity contribution in [1.82, 2.24) is 4.98 Å². The van der Waals surface area contributed by atoms with Gasteiger partial charge in [-0.05, 0) is 30.7 Å². The molecule has 0 saturated heterocycles. The first kappa shape index (κ1) is 15.6. The van der Waals surface area contributed by atoms with Crippen LogP contribution in [0.4, 0.5) is 5.69 Å². The predicted molar refractivity (Wildman–Crippen MR) is 96.8 cm³/mol. The number of para-hydroxylation sites is 2. The Balaban J connectivity index is 1.73. The Morgan fingerprint density at radius 1 is 1.04 bits per heavy atom. The van der Waals surface area contributed by atoms with E-state index in [1.165, 1.54) is 11.8 Å². The SMILES string of the molecule is CC[C@@H](Sc1ccc2ccccc2n1)C(=O)Nc1ccccc1. The van der Waals surface area contributed by atoms with Crippen LogP contribution in [0.15, 0.2) is 71.8 Å². The molecule has 0 unspecified atom stereocenters. The van der Waals surface area contributed by atoms with Crippen molar-refractivity contribution in [2.75, 3.05) is 5.32 Å². The number of hydrogen-bond donors (Lipinski definition) is 1. The van der Waals surface area contributed by atoms with E-state index in [9.17, 15) is 4.79 Å². The van der Waals surface area contributed by atoms with Crippen LogP contribution in [-0.4, -0.2) is 16.1 Å². The van der Waals surface area contributed by atoms with Gasteiger partial charge in [0, 0.05) is 11.1 Å². The van der Waals surface area contributed by atoms with Crippen LogP contribution in [0.3, 0.4) is 0 Å². The van der Waals surface area contributed by atoms with Gasteiger partial charge in [0.15, 0.2) is 0 Å². The van der Waals surface area contributed by atoms with E-state index in [-0.39, 0.29) is 11.2 Å². The van der Waals surface area contributed by atoms with Gasteiger partial charge < -0.3 is 5.32 Å². The van der Waals surface area contributed by atoms with Gasteiger partial charge in [0.05, 0.1) is 15.8 Å². The molecule has 0 radical (unpaired) electrons. The van der Waals surface area contributed by atoms with Crippen LogP contribution in [0, 0.1) is 0 Å². The molecule has 0 saturated carbocycles. The standard InChI is InChI=1S/C19H18N2OS/c1-2-17(19(22)20-15-9-4-3-5-10-15)23-18-13-12-14-8-6-7-11-16(14)21-18/h3-13,17H,2H2,1H3,(H,20,22)/t17-/m1/s1. The van der Waals surface area contributed by atoms with Gasteiger partial charge in [-0.3, -0.25) is 4.79 Å². The number of thioether (sulfide) groups is 1. The third-order valence-electron chi connectivity index (χ3n) is 3.54. The van der Waals surface area contributed by atoms with E-state index in [0.717, 1.165) is 28.0 Å². The van der Waals surface area contributed by atoms with Gasteiger partial charge in [-0.25, -0.2) is 4.98 Å². The summed E-state index contributed by atoms with van der Waals surface area (Å²) in [6.45, 7) is 2.02. The Hall–Kier alpha value is -2.33. The molecule has 2 aromatic carbocycles. The molecule has 1 aromatic heterocycles. The van der Waals surface area contributed by atoms with Crippen molar-refractivity contribution in [2.45, 2.75) is 23.6 Å². The lowest BCUT2D eigenvalue weighted by molar-refractivity contribution is -0.115. The van der Waals surface area contributed by atoms with Crippen molar-refractivity contribution in [1.29, 1.82) is 0 Å². The van der Waals surface area contributed by atoms with Crippen molar-refractivity contribution in [2.24, 2.45) is 0 Å². The van der Waals surface area contributed by atoms with Crippen molar-refractivity contribution < 1.29 is 4.79 Å². The lowest BCUT2D eigenvalue weighted by Crippen LogP contribution is -2.24. The number of fused-ring (bicyclic) bond motifs is 1. The molecule has 0 aliphatic rings. The molecular weight excluding hydrogens is 304 g/mol. The minimum absolute atomic E-state index is 0.0126. The number of aromatic nitrogens is 1. The van der Waals surface area contributed by atoms with Crippen LogP contribution < -0.4 is 5.32 Å². The summed E-state index contributed by atoms with van der Waals surface area (Å²) in [5.41, 5.74) is 1.78. The largest absolute Gasteiger partial charge is 0.325 e. The average molecular weight is 322 g/mol. The van der Waals surface area contributed by atoms with Crippen molar-refractivity contribution in [3.05, 3.63) is 66.7 Å². The number of rotatable bonds is 5. The van der Waals surface area contributed by atoms with Crippen LogP contribution in [-0.2, 0) is 4.79 Å². The number of benzene rings is 2. The van der Waals surface area contributed by atoms with Gasteiger partial charge in [0.1, 0.15) is 0 Å². The molecule has 3 aromatic rings. The first-order valence-electron chi connectivity index (χ1n) is 7.64. The van der Waals surface area contributed by atoms with Crippen LogP contribution in [0.2, 0.25) is 0 Å². The Bertz CT molecular complexity index is 805. The lowest BCUT2D eigenvalue weighted by Gasteiger charge is -2.14. The van der Waals surface area contributed by atoms with E-state index in [4.69, 9.17) is 0 Å². The summed E-state index contributed by atoms with van der Waals surface area (Å²) in [7, 11) is 0. The van der Waals surface area contributed by atoms with E-state index in [1.54, 1.807) is 0 Å². The number of nitrogens with zero attached hydrogens (tertiary/aromatic N) is 1. The Morgan fingerprint density at radius 2 is 1.78 bits per heavy atom. The summed E-state index contributed by atoms with van der Waals surface area (Å²) in [5, 5.41) is 4.78. The summed E-state index contributed by atoms with van der Waals surface area (Å²) in [6.07, 6.45) is 0.748. The first-order chi connectivity index (χ1) is 11.3. The number of amides is 1. The maximum Gasteiger partial charge on any atom is 0.237 e. The molecule has 3 rings (SSSR count). The molecule has 1 amide bonds. The van der Waals surface area contributed by atoms with Gasteiger partial charge in [0.2, 0.25) is 5.91 Å². The minimum Gasteiger partial charge on any atom is -0.325 e. The zero-order valence-corrected chi connectivity index (χ0v) is 13.7. The smallest absolute Gasteiger partial charge is 0.237 e. The molecule has 0 aliphatic carbocycles. The Labute approximate surface area is 140 Å². The maximum absolute atomic E-state index is 12.5. The second-order valence-electron chi connectivity index (χ2n) is 5.21. The lowest BCUT2D eigenvalue weighted by atomic mass is 10.2. The Morgan fingerprint density at radius 3 is 2.57 bits per heavy atom. The van der Waals surface area contributed by atoms with Crippen LogP contribution in [0.1, 0.15) is 13.3 Å². The molecule has 0 spiro atoms. The molecule has 3 nitrogen and oxygen atoms in total. The topological polar surface area (TPSA) is 42.0 Å². The molecule has 1 heterocycles.